The minimum absolute atomic E-state index is 0.356. The summed E-state index contributed by atoms with van der Waals surface area (Å²) in [5, 5.41) is 3.55. The summed E-state index contributed by atoms with van der Waals surface area (Å²) in [5.41, 5.74) is 1.20. The third-order valence-electron chi connectivity index (χ3n) is 3.60. The maximum absolute atomic E-state index is 12.3. The average molecular weight is 412 g/mol. The summed E-state index contributed by atoms with van der Waals surface area (Å²) in [4.78, 5) is 24.2. The Morgan fingerprint density at radius 1 is 1.11 bits per heavy atom. The normalized spacial score (nSPS) is 11.4. The summed E-state index contributed by atoms with van der Waals surface area (Å²) < 4.78 is 15.6. The maximum Gasteiger partial charge on any atom is 0.344 e. The van der Waals surface area contributed by atoms with E-state index in [4.69, 9.17) is 37.4 Å². The molecule has 8 heteroatoms. The number of hydrogen-bond donors (Lipinski definition) is 1. The van der Waals surface area contributed by atoms with Gasteiger partial charge in [-0.15, -0.1) is 0 Å². The first-order valence-corrected chi connectivity index (χ1v) is 8.79. The predicted molar refractivity (Wildman–Crippen MR) is 104 cm³/mol. The number of methoxy groups -OCH3 is 1. The number of benzene rings is 2. The Morgan fingerprint density at radius 2 is 1.81 bits per heavy atom. The molecule has 27 heavy (non-hydrogen) atoms. The molecule has 1 amide bonds. The molecule has 0 aliphatic carbocycles. The van der Waals surface area contributed by atoms with E-state index in [1.807, 2.05) is 0 Å². The molecular weight excluding hydrogens is 393 g/mol. The van der Waals surface area contributed by atoms with Gasteiger partial charge in [0.05, 0.1) is 17.8 Å². The van der Waals surface area contributed by atoms with Crippen molar-refractivity contribution in [1.82, 2.24) is 0 Å². The Morgan fingerprint density at radius 3 is 2.48 bits per heavy atom. The number of ether oxygens (including phenoxy) is 3. The van der Waals surface area contributed by atoms with E-state index in [0.29, 0.717) is 27.2 Å². The molecule has 2 aromatic carbocycles. The quantitative estimate of drug-likeness (QED) is 0.688. The SMILES string of the molecule is COc1cc(Cl)c(C)cc1NC(=O)C(C)OC(=O)COc1ccccc1Cl. The zero-order valence-electron chi connectivity index (χ0n) is 15.0. The molecule has 0 heterocycles. The van der Waals surface area contributed by atoms with Gasteiger partial charge in [-0.3, -0.25) is 4.79 Å². The van der Waals surface area contributed by atoms with Gasteiger partial charge in [0.2, 0.25) is 0 Å². The van der Waals surface area contributed by atoms with Gasteiger partial charge in [-0.2, -0.15) is 0 Å². The van der Waals surface area contributed by atoms with Crippen LogP contribution < -0.4 is 14.8 Å². The minimum atomic E-state index is -1.03. The van der Waals surface area contributed by atoms with Crippen LogP contribution in [0, 0.1) is 6.92 Å². The molecule has 1 unspecified atom stereocenters. The predicted octanol–water partition coefficient (Wildman–Crippen LogP) is 4.26. The molecule has 0 radical (unpaired) electrons. The molecular formula is C19H19Cl2NO5. The van der Waals surface area contributed by atoms with Gasteiger partial charge in [-0.05, 0) is 37.6 Å². The van der Waals surface area contributed by atoms with Crippen LogP contribution >= 0.6 is 23.2 Å². The molecule has 0 aliphatic heterocycles. The van der Waals surface area contributed by atoms with E-state index >= 15 is 0 Å². The van der Waals surface area contributed by atoms with Gasteiger partial charge in [0, 0.05) is 11.1 Å². The molecule has 6 nitrogen and oxygen atoms in total. The van der Waals surface area contributed by atoms with Crippen molar-refractivity contribution < 1.29 is 23.8 Å². The Hall–Kier alpha value is -2.44. The highest BCUT2D eigenvalue weighted by Crippen LogP contribution is 2.31. The van der Waals surface area contributed by atoms with Gasteiger partial charge in [-0.1, -0.05) is 35.3 Å². The van der Waals surface area contributed by atoms with Crippen molar-refractivity contribution in [3.63, 3.8) is 0 Å². The van der Waals surface area contributed by atoms with E-state index in [0.717, 1.165) is 5.56 Å². The number of hydrogen-bond acceptors (Lipinski definition) is 5. The Labute approximate surface area is 167 Å². The first-order valence-electron chi connectivity index (χ1n) is 8.03. The van der Waals surface area contributed by atoms with Crippen LogP contribution in [0.5, 0.6) is 11.5 Å². The number of amides is 1. The fourth-order valence-electron chi connectivity index (χ4n) is 2.15. The fraction of sp³-hybridized carbons (Fsp3) is 0.263. The molecule has 2 aromatic rings. The average Bonchev–Trinajstić information content (AvgIpc) is 2.63. The second-order valence-corrected chi connectivity index (χ2v) is 6.46. The maximum atomic E-state index is 12.3. The van der Waals surface area contributed by atoms with Crippen molar-refractivity contribution in [2.75, 3.05) is 19.0 Å². The monoisotopic (exact) mass is 411 g/mol. The van der Waals surface area contributed by atoms with Gasteiger partial charge in [-0.25, -0.2) is 4.79 Å². The number of halogens is 2. The lowest BCUT2D eigenvalue weighted by Crippen LogP contribution is -2.31. The van der Waals surface area contributed by atoms with Crippen molar-refractivity contribution in [3.8, 4) is 11.5 Å². The number of para-hydroxylation sites is 1. The van der Waals surface area contributed by atoms with Crippen molar-refractivity contribution in [2.24, 2.45) is 0 Å². The largest absolute Gasteiger partial charge is 0.495 e. The van der Waals surface area contributed by atoms with E-state index in [1.54, 1.807) is 43.3 Å². The summed E-state index contributed by atoms with van der Waals surface area (Å²) in [6, 6.07) is 10.0. The number of rotatable bonds is 7. The second-order valence-electron chi connectivity index (χ2n) is 5.64. The van der Waals surface area contributed by atoms with E-state index in [9.17, 15) is 9.59 Å². The van der Waals surface area contributed by atoms with Crippen LogP contribution in [0.1, 0.15) is 12.5 Å². The first kappa shape index (κ1) is 20.9. The van der Waals surface area contributed by atoms with Gasteiger partial charge >= 0.3 is 5.97 Å². The molecule has 0 aliphatic rings. The zero-order chi connectivity index (χ0) is 20.0. The molecule has 0 saturated heterocycles. The molecule has 1 atom stereocenters. The van der Waals surface area contributed by atoms with Crippen LogP contribution in [0.4, 0.5) is 5.69 Å². The molecule has 144 valence electrons. The topological polar surface area (TPSA) is 73.9 Å². The summed E-state index contributed by atoms with van der Waals surface area (Å²) in [6.45, 7) is 2.88. The third-order valence-corrected chi connectivity index (χ3v) is 4.32. The Balaban J connectivity index is 1.93. The van der Waals surface area contributed by atoms with E-state index in [2.05, 4.69) is 5.32 Å². The smallest absolute Gasteiger partial charge is 0.344 e. The van der Waals surface area contributed by atoms with Gasteiger partial charge in [0.15, 0.2) is 12.7 Å². The number of esters is 1. The van der Waals surface area contributed by atoms with Crippen LogP contribution in [0.3, 0.4) is 0 Å². The summed E-state index contributed by atoms with van der Waals surface area (Å²) in [6.07, 6.45) is -1.03. The van der Waals surface area contributed by atoms with Gasteiger partial charge in [0.25, 0.3) is 5.91 Å². The van der Waals surface area contributed by atoms with Crippen molar-refractivity contribution in [3.05, 3.63) is 52.0 Å². The lowest BCUT2D eigenvalue weighted by Gasteiger charge is -2.16. The van der Waals surface area contributed by atoms with Crippen LogP contribution in [0.15, 0.2) is 36.4 Å². The van der Waals surface area contributed by atoms with E-state index < -0.39 is 18.0 Å². The van der Waals surface area contributed by atoms with E-state index in [-0.39, 0.29) is 6.61 Å². The fourth-order valence-corrected chi connectivity index (χ4v) is 2.49. The van der Waals surface area contributed by atoms with Gasteiger partial charge < -0.3 is 19.5 Å². The molecule has 2 rings (SSSR count). The van der Waals surface area contributed by atoms with Crippen LogP contribution in [0.25, 0.3) is 0 Å². The lowest BCUT2D eigenvalue weighted by atomic mass is 10.2. The molecule has 0 aromatic heterocycles. The number of nitrogens with one attached hydrogen (secondary N) is 1. The van der Waals surface area contributed by atoms with E-state index in [1.165, 1.54) is 14.0 Å². The third kappa shape index (κ3) is 5.77. The molecule has 0 bridgehead atoms. The van der Waals surface area contributed by atoms with Crippen molar-refractivity contribution in [1.29, 1.82) is 0 Å². The lowest BCUT2D eigenvalue weighted by molar-refractivity contribution is -0.155. The highest BCUT2D eigenvalue weighted by Gasteiger charge is 2.20. The Kier molecular flexibility index (Phi) is 7.33. The van der Waals surface area contributed by atoms with Crippen molar-refractivity contribution >= 4 is 40.8 Å². The summed E-state index contributed by atoms with van der Waals surface area (Å²) in [5.74, 6) is -0.452. The van der Waals surface area contributed by atoms with Gasteiger partial charge in [0.1, 0.15) is 11.5 Å². The number of carbonyl (C=O) groups excluding carboxylic acids is 2. The standard InChI is InChI=1S/C19H19Cl2NO5/c1-11-8-15(17(25-3)9-14(11)21)22-19(24)12(2)27-18(23)10-26-16-7-5-4-6-13(16)20/h4-9,12H,10H2,1-3H3,(H,22,24). The zero-order valence-corrected chi connectivity index (χ0v) is 16.6. The Bertz CT molecular complexity index is 841. The first-order chi connectivity index (χ1) is 12.8. The molecule has 0 saturated carbocycles. The number of aryl methyl sites for hydroxylation is 1. The molecule has 1 N–H and O–H groups in total. The van der Waals surface area contributed by atoms with Crippen LogP contribution in [-0.2, 0) is 14.3 Å². The minimum Gasteiger partial charge on any atom is -0.495 e. The number of carbonyl (C=O) groups is 2. The highest BCUT2D eigenvalue weighted by molar-refractivity contribution is 6.32. The summed E-state index contributed by atoms with van der Waals surface area (Å²) >= 11 is 12.0. The highest BCUT2D eigenvalue weighted by atomic mass is 35.5. The second kappa shape index (κ2) is 9.48. The van der Waals surface area contributed by atoms with Crippen molar-refractivity contribution in [2.45, 2.75) is 20.0 Å². The molecule has 0 fully saturated rings. The van der Waals surface area contributed by atoms with Crippen LogP contribution in [-0.4, -0.2) is 31.7 Å². The molecule has 0 spiro atoms. The summed E-state index contributed by atoms with van der Waals surface area (Å²) in [7, 11) is 1.46. The van der Waals surface area contributed by atoms with Crippen LogP contribution in [0.2, 0.25) is 10.0 Å². The number of anilines is 1.